The highest BCUT2D eigenvalue weighted by Gasteiger charge is 2.20. The molecular formula is C50H51IN18O3. The smallest absolute Gasteiger partial charge is 0.324 e. The first-order chi connectivity index (χ1) is 35.8. The fourth-order valence-electron chi connectivity index (χ4n) is 7.82. The predicted molar refractivity (Wildman–Crippen MR) is 290 cm³/mol. The molecule has 10 aromatic rings. The van der Waals surface area contributed by atoms with Crippen molar-refractivity contribution in [3.05, 3.63) is 134 Å². The lowest BCUT2D eigenvalue weighted by Gasteiger charge is -2.27. The van der Waals surface area contributed by atoms with Gasteiger partial charge in [-0.25, -0.2) is 24.7 Å². The number of ether oxygens (including phenoxy) is 2. The molecule has 2 amide bonds. The fourth-order valence-corrected chi connectivity index (χ4v) is 7.82. The van der Waals surface area contributed by atoms with Crippen LogP contribution in [-0.4, -0.2) is 124 Å². The summed E-state index contributed by atoms with van der Waals surface area (Å²) in [5.74, 6) is 4.25. The maximum atomic E-state index is 12.5. The molecular weight excluding hydrogens is 1030 g/mol. The van der Waals surface area contributed by atoms with E-state index in [0.717, 1.165) is 124 Å². The van der Waals surface area contributed by atoms with Gasteiger partial charge in [-0.15, -0.1) is 0 Å². The largest absolute Gasteiger partial charge is 0.399 e. The van der Waals surface area contributed by atoms with E-state index in [1.54, 1.807) is 43.1 Å². The van der Waals surface area contributed by atoms with E-state index in [1.165, 1.54) is 0 Å². The lowest BCUT2D eigenvalue weighted by Crippen LogP contribution is -2.36. The number of nitrogens with zero attached hydrogens (tertiary/aromatic N) is 10. The minimum absolute atomic E-state index is 0.392. The van der Waals surface area contributed by atoms with Crippen LogP contribution in [-0.2, 0) is 9.47 Å². The Labute approximate surface area is 428 Å². The number of urea groups is 1. The Morgan fingerprint density at radius 3 is 1.62 bits per heavy atom. The monoisotopic (exact) mass is 1080 g/mol. The van der Waals surface area contributed by atoms with Gasteiger partial charge in [-0.3, -0.25) is 25.5 Å². The van der Waals surface area contributed by atoms with E-state index < -0.39 is 6.03 Å². The number of H-pyrrole nitrogens is 4. The molecule has 0 bridgehead atoms. The highest BCUT2D eigenvalue weighted by atomic mass is 127. The van der Waals surface area contributed by atoms with Crippen LogP contribution in [0.1, 0.15) is 1.37 Å². The molecule has 8 aromatic heterocycles. The zero-order valence-electron chi connectivity index (χ0n) is 39.8. The number of halogens is 1. The summed E-state index contributed by atoms with van der Waals surface area (Å²) in [5, 5.41) is 19.2. The zero-order valence-corrected chi connectivity index (χ0v) is 41.0. The number of hydrogen-bond donors (Lipinski definition) is 8. The number of benzene rings is 2. The SMILES string of the molecule is Nc1cc(-c2cccnc2)[nH]n1.Nc1ccc(-c2nc3c(N4CCOCC4)nccc3[nH]2)cc1.O=C(Nc1ccc(-c2nc3c(N4CCOCC4)nccc3[nH]2)cc1)Nc1cc(-c2cccnc2)[nH]n1.[2H]CI. The second kappa shape index (κ2) is 23.4. The van der Waals surface area contributed by atoms with Gasteiger partial charge >= 0.3 is 6.03 Å². The Morgan fingerprint density at radius 1 is 0.639 bits per heavy atom. The Balaban J connectivity index is 0.000000149. The number of rotatable bonds is 8. The first-order valence-electron chi connectivity index (χ1n) is 23.4. The molecule has 0 atom stereocenters. The number of alkyl halides is 1. The number of carbonyl (C=O) groups is 1. The molecule has 0 unspecified atom stereocenters. The lowest BCUT2D eigenvalue weighted by atomic mass is 10.2. The van der Waals surface area contributed by atoms with Crippen molar-refractivity contribution in [3.8, 4) is 45.3 Å². The Kier molecular flexibility index (Phi) is 15.4. The molecule has 22 heteroatoms. The van der Waals surface area contributed by atoms with Crippen LogP contribution in [0.4, 0.5) is 39.4 Å². The van der Waals surface area contributed by atoms with Crippen LogP contribution < -0.4 is 31.9 Å². The van der Waals surface area contributed by atoms with Crippen molar-refractivity contribution in [2.24, 2.45) is 0 Å². The van der Waals surface area contributed by atoms with Crippen molar-refractivity contribution in [3.63, 3.8) is 0 Å². The highest BCUT2D eigenvalue weighted by Crippen LogP contribution is 2.29. The van der Waals surface area contributed by atoms with Crippen LogP contribution in [0.15, 0.2) is 134 Å². The van der Waals surface area contributed by atoms with Gasteiger partial charge in [0.05, 0.1) is 48.8 Å². The number of nitrogens with one attached hydrogen (secondary N) is 6. The Morgan fingerprint density at radius 2 is 1.14 bits per heavy atom. The summed E-state index contributed by atoms with van der Waals surface area (Å²) in [6.07, 6.45) is 10.5. The highest BCUT2D eigenvalue weighted by molar-refractivity contribution is 14.1. The fraction of sp³-hybridized carbons (Fsp3) is 0.180. The van der Waals surface area contributed by atoms with Gasteiger partial charge in [0, 0.05) is 110 Å². The molecule has 0 radical (unpaired) electrons. The van der Waals surface area contributed by atoms with E-state index in [2.05, 4.69) is 70.7 Å². The number of nitrogens with two attached hydrogens (primary N) is 2. The summed E-state index contributed by atoms with van der Waals surface area (Å²) in [6, 6.07) is 29.7. The molecule has 0 aliphatic carbocycles. The first kappa shape index (κ1) is 47.2. The number of fused-ring (bicyclic) bond motifs is 2. The third-order valence-corrected chi connectivity index (χ3v) is 11.3. The zero-order chi connectivity index (χ0) is 50.4. The van der Waals surface area contributed by atoms with E-state index in [4.69, 9.17) is 32.3 Å². The van der Waals surface area contributed by atoms with Crippen LogP contribution in [0.25, 0.3) is 67.4 Å². The van der Waals surface area contributed by atoms with Crippen molar-refractivity contribution in [1.29, 1.82) is 0 Å². The second-order valence-electron chi connectivity index (χ2n) is 16.1. The van der Waals surface area contributed by atoms with E-state index in [9.17, 15) is 4.79 Å². The average molecular weight is 1080 g/mol. The van der Waals surface area contributed by atoms with Crippen LogP contribution in [0, 0.1) is 0 Å². The third kappa shape index (κ3) is 11.9. The number of pyridine rings is 4. The van der Waals surface area contributed by atoms with E-state index in [-0.39, 0.29) is 0 Å². The molecule has 10 N–H and O–H groups in total. The summed E-state index contributed by atoms with van der Waals surface area (Å²) < 4.78 is 17.1. The quantitative estimate of drug-likeness (QED) is 0.0406. The van der Waals surface area contributed by atoms with Gasteiger partial charge in [0.2, 0.25) is 0 Å². The summed E-state index contributed by atoms with van der Waals surface area (Å²) in [7, 11) is 0. The number of carbonyl (C=O) groups excluding carboxylic acids is 1. The summed E-state index contributed by atoms with van der Waals surface area (Å²) in [6.45, 7) is 6.10. The molecule has 21 nitrogen and oxygen atoms in total. The van der Waals surface area contributed by atoms with Crippen LogP contribution in [0.2, 0.25) is 0 Å². The number of hydrogen-bond acceptors (Lipinski definition) is 15. The van der Waals surface area contributed by atoms with Crippen molar-refractivity contribution in [1.82, 2.24) is 60.3 Å². The molecule has 2 fully saturated rings. The molecule has 2 aromatic carbocycles. The molecule has 0 spiro atoms. The molecule has 366 valence electrons. The number of nitrogen functional groups attached to an aromatic ring is 2. The van der Waals surface area contributed by atoms with E-state index in [0.29, 0.717) is 35.4 Å². The van der Waals surface area contributed by atoms with E-state index >= 15 is 0 Å². The van der Waals surface area contributed by atoms with Gasteiger partial charge in [-0.05, 0) is 89.8 Å². The average Bonchev–Trinajstić information content (AvgIpc) is 4.28. The van der Waals surface area contributed by atoms with E-state index in [1.807, 2.05) is 114 Å². The number of aromatic amines is 4. The van der Waals surface area contributed by atoms with Crippen molar-refractivity contribution in [2.45, 2.75) is 0 Å². The third-order valence-electron chi connectivity index (χ3n) is 11.3. The van der Waals surface area contributed by atoms with Gasteiger partial charge in [0.25, 0.3) is 0 Å². The van der Waals surface area contributed by atoms with Gasteiger partial charge < -0.3 is 46.0 Å². The maximum absolute atomic E-state index is 12.5. The molecule has 2 aliphatic heterocycles. The van der Waals surface area contributed by atoms with Crippen molar-refractivity contribution >= 4 is 85.3 Å². The number of aromatic nitrogens is 12. The van der Waals surface area contributed by atoms with Gasteiger partial charge in [-0.2, -0.15) is 10.2 Å². The maximum Gasteiger partial charge on any atom is 0.324 e. The van der Waals surface area contributed by atoms with Gasteiger partial charge in [0.15, 0.2) is 17.5 Å². The summed E-state index contributed by atoms with van der Waals surface area (Å²) >= 11 is 1.96. The normalized spacial score (nSPS) is 13.4. The number of imidazole rings is 2. The molecule has 2 aliphatic rings. The Bertz CT molecular complexity index is 3320. The molecule has 12 rings (SSSR count). The van der Waals surface area contributed by atoms with Gasteiger partial charge in [-0.1, -0.05) is 22.6 Å². The van der Waals surface area contributed by atoms with Crippen molar-refractivity contribution in [2.75, 3.05) is 89.4 Å². The topological polar surface area (TPSA) is 284 Å². The molecule has 72 heavy (non-hydrogen) atoms. The summed E-state index contributed by atoms with van der Waals surface area (Å²) in [4.78, 5) is 50.8. The minimum Gasteiger partial charge on any atom is -0.399 e. The molecule has 10 heterocycles. The summed E-state index contributed by atoms with van der Waals surface area (Å²) in [5.41, 5.74) is 21.7. The van der Waals surface area contributed by atoms with Gasteiger partial charge in [0.1, 0.15) is 28.5 Å². The lowest BCUT2D eigenvalue weighted by molar-refractivity contribution is 0.122. The molecule has 0 saturated carbocycles. The number of morpholine rings is 2. The minimum atomic E-state index is -0.392. The van der Waals surface area contributed by atoms with Crippen LogP contribution >= 0.6 is 22.6 Å². The molecule has 2 saturated heterocycles. The second-order valence-corrected chi connectivity index (χ2v) is 16.1. The predicted octanol–water partition coefficient (Wildman–Crippen LogP) is 8.04. The standard InChI is InChI=1S/C25H23N9O2.C16H17N5O.C8H8N4.CH3I/c35-25(30-21-14-20(32-33-21)17-2-1-8-26-15-17)28-18-5-3-16(4-6-18)23-29-19-7-9-27-24(22(19)31-23)34-10-12-36-13-11-34;17-12-3-1-11(2-4-12)15-19-13-5-6-18-16(14(13)20-15)21-7-9-22-10-8-21;9-8-4-7(11-12-8)6-2-1-3-10-5-6;1-2/h1-9,14-15H,10-13H2,(H,29,31)(H3,28,30,32,33,35);1-6H,7-10,17H2,(H,19,20);1-5H,(H3,9,11,12);1H3/i;;;1D. The number of anilines is 6. The van der Waals surface area contributed by atoms with Crippen LogP contribution in [0.5, 0.6) is 0 Å². The first-order valence-corrected chi connectivity index (χ1v) is 24.3. The van der Waals surface area contributed by atoms with Crippen molar-refractivity contribution < 1.29 is 15.6 Å². The Hall–Kier alpha value is -8.48. The number of amides is 2. The van der Waals surface area contributed by atoms with Crippen LogP contribution in [0.3, 0.4) is 0 Å².